The Morgan fingerprint density at radius 2 is 2.00 bits per heavy atom. The molecule has 0 aliphatic carbocycles. The molecule has 1 aromatic heterocycles. The van der Waals surface area contributed by atoms with Crippen LogP contribution in [0.2, 0.25) is 0 Å². The van der Waals surface area contributed by atoms with Gasteiger partial charge < -0.3 is 10.2 Å². The van der Waals surface area contributed by atoms with E-state index in [1.165, 1.54) is 0 Å². The molecule has 4 heteroatoms. The fraction of sp³-hybridized carbons (Fsp3) is 0.308. The summed E-state index contributed by atoms with van der Waals surface area (Å²) >= 11 is 1.61. The van der Waals surface area contributed by atoms with Crippen molar-refractivity contribution in [2.75, 3.05) is 0 Å². The Kier molecular flexibility index (Phi) is 3.76. The van der Waals surface area contributed by atoms with Crippen molar-refractivity contribution in [3.63, 3.8) is 0 Å². The standard InChI is InChI=1S/C13H15NO2S/c1-9(15)6-11-8-17-13(14-11)7-10-2-4-12(16)5-3-10/h2-5,8-9,15-16H,6-7H2,1H3. The van der Waals surface area contributed by atoms with Crippen molar-refractivity contribution in [2.24, 2.45) is 0 Å². The summed E-state index contributed by atoms with van der Waals surface area (Å²) in [5.41, 5.74) is 2.07. The lowest BCUT2D eigenvalue weighted by Gasteiger charge is -2.00. The third kappa shape index (κ3) is 3.54. The maximum atomic E-state index is 9.27. The van der Waals surface area contributed by atoms with Crippen LogP contribution in [0.15, 0.2) is 29.6 Å². The van der Waals surface area contributed by atoms with Crippen LogP contribution < -0.4 is 0 Å². The van der Waals surface area contributed by atoms with E-state index >= 15 is 0 Å². The Morgan fingerprint density at radius 3 is 2.65 bits per heavy atom. The normalized spacial score (nSPS) is 12.6. The summed E-state index contributed by atoms with van der Waals surface area (Å²) < 4.78 is 0. The molecule has 0 radical (unpaired) electrons. The zero-order valence-electron chi connectivity index (χ0n) is 9.63. The Labute approximate surface area is 104 Å². The van der Waals surface area contributed by atoms with Crippen LogP contribution in [0, 0.1) is 0 Å². The molecule has 17 heavy (non-hydrogen) atoms. The minimum Gasteiger partial charge on any atom is -0.508 e. The van der Waals surface area contributed by atoms with E-state index < -0.39 is 0 Å². The van der Waals surface area contributed by atoms with Crippen LogP contribution in [0.3, 0.4) is 0 Å². The second-order valence-electron chi connectivity index (χ2n) is 4.13. The number of phenolic OH excluding ortho intramolecular Hbond substituents is 1. The minimum absolute atomic E-state index is 0.280. The van der Waals surface area contributed by atoms with Crippen molar-refractivity contribution >= 4 is 11.3 Å². The molecule has 0 bridgehead atoms. The first-order valence-electron chi connectivity index (χ1n) is 5.53. The molecular weight excluding hydrogens is 234 g/mol. The van der Waals surface area contributed by atoms with Gasteiger partial charge in [0.1, 0.15) is 5.75 Å². The topological polar surface area (TPSA) is 53.4 Å². The summed E-state index contributed by atoms with van der Waals surface area (Å²) in [6.07, 6.45) is 1.02. The summed E-state index contributed by atoms with van der Waals surface area (Å²) in [7, 11) is 0. The van der Waals surface area contributed by atoms with Gasteiger partial charge in [-0.15, -0.1) is 11.3 Å². The highest BCUT2D eigenvalue weighted by Crippen LogP contribution is 2.17. The van der Waals surface area contributed by atoms with Gasteiger partial charge in [-0.2, -0.15) is 0 Å². The van der Waals surface area contributed by atoms with Gasteiger partial charge in [0.2, 0.25) is 0 Å². The number of hydrogen-bond donors (Lipinski definition) is 2. The second kappa shape index (κ2) is 5.29. The van der Waals surface area contributed by atoms with E-state index in [9.17, 15) is 10.2 Å². The summed E-state index contributed by atoms with van der Waals surface area (Å²) in [6.45, 7) is 1.76. The number of benzene rings is 1. The number of aliphatic hydroxyl groups is 1. The fourth-order valence-corrected chi connectivity index (χ4v) is 2.46. The molecule has 1 unspecified atom stereocenters. The molecule has 0 saturated heterocycles. The van der Waals surface area contributed by atoms with Crippen molar-refractivity contribution in [2.45, 2.75) is 25.9 Å². The fourth-order valence-electron chi connectivity index (χ4n) is 1.61. The van der Waals surface area contributed by atoms with Crippen molar-refractivity contribution in [3.8, 4) is 5.75 Å². The predicted octanol–water partition coefficient (Wildman–Crippen LogP) is 2.36. The van der Waals surface area contributed by atoms with E-state index in [1.54, 1.807) is 30.4 Å². The molecule has 0 aliphatic rings. The largest absolute Gasteiger partial charge is 0.508 e. The smallest absolute Gasteiger partial charge is 0.115 e. The number of rotatable bonds is 4. The van der Waals surface area contributed by atoms with Gasteiger partial charge >= 0.3 is 0 Å². The Balaban J connectivity index is 2.03. The average Bonchev–Trinajstić information content (AvgIpc) is 2.68. The maximum absolute atomic E-state index is 9.27. The van der Waals surface area contributed by atoms with Crippen LogP contribution in [-0.4, -0.2) is 21.3 Å². The third-order valence-electron chi connectivity index (χ3n) is 2.40. The molecule has 1 heterocycles. The molecule has 2 N–H and O–H groups in total. The molecule has 0 amide bonds. The molecule has 1 aromatic carbocycles. The van der Waals surface area contributed by atoms with Gasteiger partial charge in [-0.1, -0.05) is 12.1 Å². The Bertz CT molecular complexity index is 476. The minimum atomic E-state index is -0.348. The number of thiazole rings is 1. The number of aliphatic hydroxyl groups excluding tert-OH is 1. The molecule has 0 fully saturated rings. The first kappa shape index (κ1) is 12.1. The highest BCUT2D eigenvalue weighted by Gasteiger charge is 2.05. The zero-order valence-corrected chi connectivity index (χ0v) is 10.4. The summed E-state index contributed by atoms with van der Waals surface area (Å²) in [5.74, 6) is 0.280. The molecule has 0 saturated carbocycles. The highest BCUT2D eigenvalue weighted by molar-refractivity contribution is 7.09. The van der Waals surface area contributed by atoms with E-state index in [0.717, 1.165) is 22.7 Å². The Morgan fingerprint density at radius 1 is 1.29 bits per heavy atom. The van der Waals surface area contributed by atoms with E-state index in [2.05, 4.69) is 4.98 Å². The molecule has 1 atom stereocenters. The number of aromatic hydroxyl groups is 1. The number of phenols is 1. The van der Waals surface area contributed by atoms with Crippen LogP contribution in [-0.2, 0) is 12.8 Å². The molecule has 0 aliphatic heterocycles. The van der Waals surface area contributed by atoms with Crippen molar-refractivity contribution < 1.29 is 10.2 Å². The van der Waals surface area contributed by atoms with Crippen LogP contribution in [0.5, 0.6) is 5.75 Å². The first-order valence-corrected chi connectivity index (χ1v) is 6.40. The zero-order chi connectivity index (χ0) is 12.3. The van der Waals surface area contributed by atoms with E-state index in [1.807, 2.05) is 17.5 Å². The van der Waals surface area contributed by atoms with Gasteiger partial charge in [0.25, 0.3) is 0 Å². The first-order chi connectivity index (χ1) is 8.13. The molecule has 90 valence electrons. The van der Waals surface area contributed by atoms with Crippen LogP contribution >= 0.6 is 11.3 Å². The summed E-state index contributed by atoms with van der Waals surface area (Å²) in [5, 5.41) is 21.5. The van der Waals surface area contributed by atoms with E-state index in [0.29, 0.717) is 6.42 Å². The molecule has 0 spiro atoms. The van der Waals surface area contributed by atoms with Gasteiger partial charge in [0.15, 0.2) is 0 Å². The van der Waals surface area contributed by atoms with Gasteiger partial charge in [-0.3, -0.25) is 0 Å². The Hall–Kier alpha value is -1.39. The predicted molar refractivity (Wildman–Crippen MR) is 68.4 cm³/mol. The SMILES string of the molecule is CC(O)Cc1csc(Cc2ccc(O)cc2)n1. The molecular formula is C13H15NO2S. The van der Waals surface area contributed by atoms with Gasteiger partial charge in [-0.05, 0) is 24.6 Å². The van der Waals surface area contributed by atoms with E-state index in [-0.39, 0.29) is 11.9 Å². The van der Waals surface area contributed by atoms with Gasteiger partial charge in [0, 0.05) is 18.2 Å². The van der Waals surface area contributed by atoms with Crippen molar-refractivity contribution in [1.82, 2.24) is 4.98 Å². The number of nitrogens with zero attached hydrogens (tertiary/aromatic N) is 1. The highest BCUT2D eigenvalue weighted by atomic mass is 32.1. The number of hydrogen-bond acceptors (Lipinski definition) is 4. The summed E-state index contributed by atoms with van der Waals surface area (Å²) in [4.78, 5) is 4.46. The quantitative estimate of drug-likeness (QED) is 0.874. The lowest BCUT2D eigenvalue weighted by Crippen LogP contribution is -2.04. The maximum Gasteiger partial charge on any atom is 0.115 e. The second-order valence-corrected chi connectivity index (χ2v) is 5.07. The third-order valence-corrected chi connectivity index (χ3v) is 3.29. The molecule has 2 rings (SSSR count). The van der Waals surface area contributed by atoms with Gasteiger partial charge in [0.05, 0.1) is 16.8 Å². The van der Waals surface area contributed by atoms with Crippen LogP contribution in [0.4, 0.5) is 0 Å². The monoisotopic (exact) mass is 249 g/mol. The van der Waals surface area contributed by atoms with Crippen molar-refractivity contribution in [1.29, 1.82) is 0 Å². The lowest BCUT2D eigenvalue weighted by molar-refractivity contribution is 0.194. The molecule has 2 aromatic rings. The lowest BCUT2D eigenvalue weighted by atomic mass is 10.1. The summed E-state index contributed by atoms with van der Waals surface area (Å²) in [6, 6.07) is 7.15. The van der Waals surface area contributed by atoms with Crippen molar-refractivity contribution in [3.05, 3.63) is 45.9 Å². The average molecular weight is 249 g/mol. The van der Waals surface area contributed by atoms with E-state index in [4.69, 9.17) is 0 Å². The number of aromatic nitrogens is 1. The molecule has 3 nitrogen and oxygen atoms in total. The van der Waals surface area contributed by atoms with Gasteiger partial charge in [-0.25, -0.2) is 4.98 Å². The van der Waals surface area contributed by atoms with Crippen LogP contribution in [0.25, 0.3) is 0 Å². The van der Waals surface area contributed by atoms with Crippen LogP contribution in [0.1, 0.15) is 23.2 Å².